The molecule has 0 aliphatic carbocycles. The van der Waals surface area contributed by atoms with Crippen molar-refractivity contribution in [2.75, 3.05) is 6.61 Å². The van der Waals surface area contributed by atoms with E-state index in [0.717, 1.165) is 6.42 Å². The molecule has 1 unspecified atom stereocenters. The molecule has 1 atom stereocenters. The Morgan fingerprint density at radius 3 is 2.77 bits per heavy atom. The van der Waals surface area contributed by atoms with Crippen LogP contribution in [-0.2, 0) is 6.42 Å². The van der Waals surface area contributed by atoms with Gasteiger partial charge in [0.25, 0.3) is 0 Å². The molecule has 134 valence electrons. The topological polar surface area (TPSA) is 98.5 Å². The maximum Gasteiger partial charge on any atom is 0.343 e. The number of para-hydroxylation sites is 1. The van der Waals surface area contributed by atoms with E-state index < -0.39 is 11.5 Å². The molecule has 6 heteroatoms. The highest BCUT2D eigenvalue weighted by Gasteiger charge is 2.36. The Morgan fingerprint density at radius 1 is 1.31 bits per heavy atom. The summed E-state index contributed by atoms with van der Waals surface area (Å²) in [4.78, 5) is 12.7. The van der Waals surface area contributed by atoms with Gasteiger partial charge in [-0.1, -0.05) is 25.1 Å². The summed E-state index contributed by atoms with van der Waals surface area (Å²) in [6.45, 7) is 4.32. The summed E-state index contributed by atoms with van der Waals surface area (Å²) in [5, 5.41) is 9.63. The first kappa shape index (κ1) is 17.6. The van der Waals surface area contributed by atoms with Crippen molar-refractivity contribution in [1.82, 2.24) is 0 Å². The first-order valence-corrected chi connectivity index (χ1v) is 8.56. The SMILES string of the molecule is CCCc1cc2c(c(=O)o1)C(c1ccccc1OCC)C(C#N)=C(N)O2. The summed E-state index contributed by atoms with van der Waals surface area (Å²) in [6, 6.07) is 11.0. The largest absolute Gasteiger partial charge is 0.494 e. The molecule has 2 heterocycles. The minimum absolute atomic E-state index is 0.00986. The van der Waals surface area contributed by atoms with Gasteiger partial charge in [0, 0.05) is 18.1 Å². The van der Waals surface area contributed by atoms with E-state index in [9.17, 15) is 10.1 Å². The second-order valence-corrected chi connectivity index (χ2v) is 5.92. The predicted molar refractivity (Wildman–Crippen MR) is 95.9 cm³/mol. The van der Waals surface area contributed by atoms with Gasteiger partial charge in [-0.2, -0.15) is 5.26 Å². The van der Waals surface area contributed by atoms with Gasteiger partial charge in [-0.15, -0.1) is 0 Å². The van der Waals surface area contributed by atoms with Crippen molar-refractivity contribution in [3.63, 3.8) is 0 Å². The molecule has 0 spiro atoms. The van der Waals surface area contributed by atoms with Gasteiger partial charge >= 0.3 is 5.63 Å². The molecule has 0 fully saturated rings. The van der Waals surface area contributed by atoms with E-state index in [1.165, 1.54) is 0 Å². The van der Waals surface area contributed by atoms with Crippen LogP contribution in [0.1, 0.15) is 43.1 Å². The van der Waals surface area contributed by atoms with Gasteiger partial charge in [-0.3, -0.25) is 0 Å². The number of benzene rings is 1. The van der Waals surface area contributed by atoms with Crippen molar-refractivity contribution in [2.24, 2.45) is 5.73 Å². The van der Waals surface area contributed by atoms with Crippen molar-refractivity contribution >= 4 is 0 Å². The standard InChI is InChI=1S/C20H20N2O4/c1-3-7-12-10-16-18(20(23)25-12)17(14(11-21)19(22)26-16)13-8-5-6-9-15(13)24-4-2/h5-6,8-10,17H,3-4,7,22H2,1-2H3. The molecule has 0 bridgehead atoms. The van der Waals surface area contributed by atoms with E-state index in [1.807, 2.05) is 32.0 Å². The number of rotatable bonds is 5. The normalized spacial score (nSPS) is 15.8. The molecule has 1 aliphatic heterocycles. The Labute approximate surface area is 151 Å². The van der Waals surface area contributed by atoms with Crippen LogP contribution in [0, 0.1) is 11.3 Å². The van der Waals surface area contributed by atoms with Gasteiger partial charge in [0.2, 0.25) is 5.88 Å². The maximum atomic E-state index is 12.7. The third-order valence-electron chi connectivity index (χ3n) is 4.21. The molecule has 1 aromatic heterocycles. The highest BCUT2D eigenvalue weighted by Crippen LogP contribution is 2.43. The number of allylic oxidation sites excluding steroid dienone is 1. The number of nitrogens with two attached hydrogens (primary N) is 1. The van der Waals surface area contributed by atoms with Crippen LogP contribution in [0.3, 0.4) is 0 Å². The van der Waals surface area contributed by atoms with Gasteiger partial charge < -0.3 is 19.6 Å². The van der Waals surface area contributed by atoms with Crippen molar-refractivity contribution in [2.45, 2.75) is 32.6 Å². The smallest absolute Gasteiger partial charge is 0.343 e. The molecule has 2 N–H and O–H groups in total. The van der Waals surface area contributed by atoms with Crippen LogP contribution in [0.25, 0.3) is 0 Å². The Hall–Kier alpha value is -3.20. The highest BCUT2D eigenvalue weighted by molar-refractivity contribution is 5.57. The van der Waals surface area contributed by atoms with E-state index in [4.69, 9.17) is 19.6 Å². The zero-order chi connectivity index (χ0) is 18.7. The number of aryl methyl sites for hydroxylation is 1. The molecule has 1 aromatic carbocycles. The van der Waals surface area contributed by atoms with Crippen molar-refractivity contribution in [3.05, 3.63) is 69.1 Å². The number of hydrogen-bond acceptors (Lipinski definition) is 6. The third-order valence-corrected chi connectivity index (χ3v) is 4.21. The molecule has 2 aromatic rings. The lowest BCUT2D eigenvalue weighted by atomic mass is 9.84. The fourth-order valence-electron chi connectivity index (χ4n) is 3.14. The second kappa shape index (κ2) is 7.36. The minimum Gasteiger partial charge on any atom is -0.494 e. The molecule has 0 radical (unpaired) electrons. The van der Waals surface area contributed by atoms with Gasteiger partial charge in [0.05, 0.1) is 18.1 Å². The first-order valence-electron chi connectivity index (χ1n) is 8.56. The summed E-state index contributed by atoms with van der Waals surface area (Å²) in [5.74, 6) is 0.743. The van der Waals surface area contributed by atoms with Crippen LogP contribution in [0.15, 0.2) is 51.0 Å². The molecule has 0 saturated carbocycles. The first-order chi connectivity index (χ1) is 12.6. The summed E-state index contributed by atoms with van der Waals surface area (Å²) < 4.78 is 16.7. The van der Waals surface area contributed by atoms with Gasteiger partial charge in [0.15, 0.2) is 0 Å². The molecule has 0 saturated heterocycles. The number of nitriles is 1. The molecular formula is C20H20N2O4. The van der Waals surface area contributed by atoms with Gasteiger partial charge in [0.1, 0.15) is 28.9 Å². The highest BCUT2D eigenvalue weighted by atomic mass is 16.5. The Bertz CT molecular complexity index is 953. The number of ether oxygens (including phenoxy) is 2. The quantitative estimate of drug-likeness (QED) is 0.887. The zero-order valence-corrected chi connectivity index (χ0v) is 14.7. The van der Waals surface area contributed by atoms with Gasteiger partial charge in [-0.25, -0.2) is 4.79 Å². The Morgan fingerprint density at radius 2 is 2.08 bits per heavy atom. The molecule has 26 heavy (non-hydrogen) atoms. The van der Waals surface area contributed by atoms with Crippen molar-refractivity contribution in [1.29, 1.82) is 5.26 Å². The fraction of sp³-hybridized carbons (Fsp3) is 0.300. The summed E-state index contributed by atoms with van der Waals surface area (Å²) in [5.41, 5.74) is 6.57. The Balaban J connectivity index is 2.25. The molecular weight excluding hydrogens is 332 g/mol. The molecule has 0 amide bonds. The van der Waals surface area contributed by atoms with E-state index in [0.29, 0.717) is 35.9 Å². The molecule has 1 aliphatic rings. The lowest BCUT2D eigenvalue weighted by molar-refractivity contribution is 0.332. The van der Waals surface area contributed by atoms with Crippen LogP contribution >= 0.6 is 0 Å². The van der Waals surface area contributed by atoms with Crippen LogP contribution in [0.5, 0.6) is 11.5 Å². The number of nitrogens with zero attached hydrogens (tertiary/aromatic N) is 1. The average molecular weight is 352 g/mol. The summed E-state index contributed by atoms with van der Waals surface area (Å²) in [6.07, 6.45) is 1.44. The molecule has 6 nitrogen and oxygen atoms in total. The molecule has 3 rings (SSSR count). The number of fused-ring (bicyclic) bond motifs is 1. The van der Waals surface area contributed by atoms with Crippen LogP contribution < -0.4 is 20.8 Å². The monoisotopic (exact) mass is 352 g/mol. The lowest BCUT2D eigenvalue weighted by Crippen LogP contribution is -2.26. The maximum absolute atomic E-state index is 12.7. The van der Waals surface area contributed by atoms with E-state index in [1.54, 1.807) is 12.1 Å². The van der Waals surface area contributed by atoms with Gasteiger partial charge in [-0.05, 0) is 19.4 Å². The summed E-state index contributed by atoms with van der Waals surface area (Å²) in [7, 11) is 0. The second-order valence-electron chi connectivity index (χ2n) is 5.92. The van der Waals surface area contributed by atoms with Crippen LogP contribution in [-0.4, -0.2) is 6.61 Å². The van der Waals surface area contributed by atoms with Crippen LogP contribution in [0.4, 0.5) is 0 Å². The lowest BCUT2D eigenvalue weighted by Gasteiger charge is -2.26. The van der Waals surface area contributed by atoms with Crippen molar-refractivity contribution in [3.8, 4) is 17.6 Å². The van der Waals surface area contributed by atoms with E-state index in [-0.39, 0.29) is 17.0 Å². The van der Waals surface area contributed by atoms with E-state index in [2.05, 4.69) is 6.07 Å². The minimum atomic E-state index is -0.696. The van der Waals surface area contributed by atoms with Crippen molar-refractivity contribution < 1.29 is 13.9 Å². The fourth-order valence-corrected chi connectivity index (χ4v) is 3.14. The average Bonchev–Trinajstić information content (AvgIpc) is 2.61. The third kappa shape index (κ3) is 3.04. The zero-order valence-electron chi connectivity index (χ0n) is 14.7. The van der Waals surface area contributed by atoms with E-state index >= 15 is 0 Å². The summed E-state index contributed by atoms with van der Waals surface area (Å²) >= 11 is 0. The Kier molecular flexibility index (Phi) is 4.99. The van der Waals surface area contributed by atoms with Crippen LogP contribution in [0.2, 0.25) is 0 Å². The predicted octanol–water partition coefficient (Wildman–Crippen LogP) is 3.21. The number of hydrogen-bond donors (Lipinski definition) is 1.